The van der Waals surface area contributed by atoms with Crippen molar-refractivity contribution in [2.45, 2.75) is 32.2 Å². The third-order valence-corrected chi connectivity index (χ3v) is 5.45. The molecule has 120 valence electrons. The Morgan fingerprint density at radius 2 is 2.38 bits per heavy atom. The average molecular weight is 315 g/mol. The summed E-state index contributed by atoms with van der Waals surface area (Å²) in [4.78, 5) is 4.54. The number of hydrogen-bond donors (Lipinski definition) is 2. The second kappa shape index (κ2) is 7.79. The quantitative estimate of drug-likeness (QED) is 0.438. The van der Waals surface area contributed by atoms with Gasteiger partial charge in [-0.15, -0.1) is 0 Å². The molecule has 0 aromatic carbocycles. The molecule has 0 spiro atoms. The van der Waals surface area contributed by atoms with E-state index in [0.717, 1.165) is 26.0 Å². The van der Waals surface area contributed by atoms with E-state index in [1.54, 1.807) is 0 Å². The highest BCUT2D eigenvalue weighted by Crippen LogP contribution is 2.12. The summed E-state index contributed by atoms with van der Waals surface area (Å²) in [6, 6.07) is -0.0184. The summed E-state index contributed by atoms with van der Waals surface area (Å²) >= 11 is 0. The Balaban J connectivity index is 1.82. The topological polar surface area (TPSA) is 79.8 Å². The summed E-state index contributed by atoms with van der Waals surface area (Å²) in [5.74, 6) is 1.20. The van der Waals surface area contributed by atoms with Gasteiger partial charge in [-0.25, -0.2) is 8.42 Å². The van der Waals surface area contributed by atoms with Crippen molar-refractivity contribution in [1.82, 2.24) is 10.6 Å². The number of aliphatic imine (C=N–C) groups is 1. The SMILES string of the molecule is CCNC(=NCCC1=CCOCC1)NC1CCS(=O)(=O)C1. The third-order valence-electron chi connectivity index (χ3n) is 3.68. The first-order valence-electron chi connectivity index (χ1n) is 7.60. The van der Waals surface area contributed by atoms with Gasteiger partial charge in [0.15, 0.2) is 15.8 Å². The van der Waals surface area contributed by atoms with E-state index in [2.05, 4.69) is 21.7 Å². The maximum Gasteiger partial charge on any atom is 0.191 e. The Morgan fingerprint density at radius 1 is 1.52 bits per heavy atom. The van der Waals surface area contributed by atoms with Gasteiger partial charge >= 0.3 is 0 Å². The van der Waals surface area contributed by atoms with E-state index >= 15 is 0 Å². The molecule has 0 aromatic heterocycles. The van der Waals surface area contributed by atoms with Gasteiger partial charge in [-0.1, -0.05) is 11.6 Å². The molecule has 1 saturated heterocycles. The molecule has 21 heavy (non-hydrogen) atoms. The van der Waals surface area contributed by atoms with E-state index in [1.807, 2.05) is 6.92 Å². The van der Waals surface area contributed by atoms with Crippen LogP contribution in [0.4, 0.5) is 0 Å². The van der Waals surface area contributed by atoms with Crippen LogP contribution in [-0.2, 0) is 14.6 Å². The predicted octanol–water partition coefficient (Wildman–Crippen LogP) is 0.465. The van der Waals surface area contributed by atoms with E-state index in [1.165, 1.54) is 5.57 Å². The normalized spacial score (nSPS) is 25.5. The van der Waals surface area contributed by atoms with Crippen LogP contribution < -0.4 is 10.6 Å². The number of ether oxygens (including phenoxy) is 1. The molecule has 1 fully saturated rings. The van der Waals surface area contributed by atoms with Gasteiger partial charge in [0.05, 0.1) is 24.7 Å². The Bertz CT molecular complexity index is 500. The van der Waals surface area contributed by atoms with Crippen LogP contribution in [0.3, 0.4) is 0 Å². The van der Waals surface area contributed by atoms with Crippen molar-refractivity contribution in [3.05, 3.63) is 11.6 Å². The van der Waals surface area contributed by atoms with E-state index in [-0.39, 0.29) is 17.5 Å². The Kier molecular flexibility index (Phi) is 6.05. The highest BCUT2D eigenvalue weighted by molar-refractivity contribution is 7.91. The summed E-state index contributed by atoms with van der Waals surface area (Å²) in [6.07, 6.45) is 4.71. The van der Waals surface area contributed by atoms with E-state index in [9.17, 15) is 8.42 Å². The van der Waals surface area contributed by atoms with E-state index < -0.39 is 9.84 Å². The lowest BCUT2D eigenvalue weighted by molar-refractivity contribution is 0.153. The lowest BCUT2D eigenvalue weighted by atomic mass is 10.1. The fourth-order valence-electron chi connectivity index (χ4n) is 2.53. The van der Waals surface area contributed by atoms with Crippen molar-refractivity contribution in [1.29, 1.82) is 0 Å². The Labute approximate surface area is 127 Å². The Hall–Kier alpha value is -1.08. The molecular weight excluding hydrogens is 290 g/mol. The highest BCUT2D eigenvalue weighted by Gasteiger charge is 2.28. The fraction of sp³-hybridized carbons (Fsp3) is 0.786. The first kappa shape index (κ1) is 16.3. The fourth-order valence-corrected chi connectivity index (χ4v) is 4.20. The van der Waals surface area contributed by atoms with Gasteiger partial charge in [-0.2, -0.15) is 0 Å². The van der Waals surface area contributed by atoms with Gasteiger partial charge in [0, 0.05) is 19.1 Å². The summed E-state index contributed by atoms with van der Waals surface area (Å²) < 4.78 is 28.2. The zero-order valence-corrected chi connectivity index (χ0v) is 13.4. The van der Waals surface area contributed by atoms with Crippen LogP contribution in [0.25, 0.3) is 0 Å². The van der Waals surface area contributed by atoms with Crippen LogP contribution in [0.1, 0.15) is 26.2 Å². The van der Waals surface area contributed by atoms with E-state index in [4.69, 9.17) is 4.74 Å². The summed E-state index contributed by atoms with van der Waals surface area (Å²) in [6.45, 7) is 4.98. The van der Waals surface area contributed by atoms with Crippen molar-refractivity contribution in [3.63, 3.8) is 0 Å². The number of nitrogens with one attached hydrogen (secondary N) is 2. The first-order chi connectivity index (χ1) is 10.1. The van der Waals surface area contributed by atoms with E-state index in [0.29, 0.717) is 25.5 Å². The van der Waals surface area contributed by atoms with Crippen LogP contribution in [0.5, 0.6) is 0 Å². The zero-order chi connectivity index (χ0) is 15.1. The number of hydrogen-bond acceptors (Lipinski definition) is 4. The lowest BCUT2D eigenvalue weighted by Crippen LogP contribution is -2.44. The molecule has 2 heterocycles. The molecule has 2 aliphatic rings. The smallest absolute Gasteiger partial charge is 0.191 e. The molecular formula is C14H25N3O3S. The molecule has 2 N–H and O–H groups in total. The minimum atomic E-state index is -2.86. The summed E-state index contributed by atoms with van der Waals surface area (Å²) in [5.41, 5.74) is 1.39. The van der Waals surface area contributed by atoms with Crippen molar-refractivity contribution < 1.29 is 13.2 Å². The van der Waals surface area contributed by atoms with Crippen molar-refractivity contribution in [3.8, 4) is 0 Å². The minimum Gasteiger partial charge on any atom is -0.377 e. The minimum absolute atomic E-state index is 0.0184. The molecule has 1 atom stereocenters. The van der Waals surface area contributed by atoms with Gasteiger partial charge in [-0.05, 0) is 26.2 Å². The van der Waals surface area contributed by atoms with Crippen LogP contribution >= 0.6 is 0 Å². The predicted molar refractivity (Wildman–Crippen MR) is 84.3 cm³/mol. The molecule has 2 aliphatic heterocycles. The molecule has 0 aromatic rings. The Morgan fingerprint density at radius 3 is 3.00 bits per heavy atom. The monoisotopic (exact) mass is 315 g/mol. The molecule has 0 saturated carbocycles. The van der Waals surface area contributed by atoms with Gasteiger partial charge in [0.1, 0.15) is 0 Å². The van der Waals surface area contributed by atoms with Crippen molar-refractivity contribution in [2.24, 2.45) is 4.99 Å². The van der Waals surface area contributed by atoms with Gasteiger partial charge in [0.25, 0.3) is 0 Å². The zero-order valence-electron chi connectivity index (χ0n) is 12.6. The van der Waals surface area contributed by atoms with Gasteiger partial charge in [-0.3, -0.25) is 4.99 Å². The first-order valence-corrected chi connectivity index (χ1v) is 9.42. The largest absolute Gasteiger partial charge is 0.377 e. The molecule has 0 aliphatic carbocycles. The number of rotatable bonds is 5. The molecule has 0 bridgehead atoms. The molecule has 1 unspecified atom stereocenters. The second-order valence-electron chi connectivity index (χ2n) is 5.44. The molecule has 6 nitrogen and oxygen atoms in total. The maximum absolute atomic E-state index is 11.5. The molecule has 7 heteroatoms. The summed E-state index contributed by atoms with van der Waals surface area (Å²) in [7, 11) is -2.86. The van der Waals surface area contributed by atoms with Gasteiger partial charge in [0.2, 0.25) is 0 Å². The van der Waals surface area contributed by atoms with Crippen LogP contribution in [0, 0.1) is 0 Å². The van der Waals surface area contributed by atoms with Gasteiger partial charge < -0.3 is 15.4 Å². The maximum atomic E-state index is 11.5. The molecule has 2 rings (SSSR count). The van der Waals surface area contributed by atoms with Crippen molar-refractivity contribution >= 4 is 15.8 Å². The lowest BCUT2D eigenvalue weighted by Gasteiger charge is -2.16. The number of nitrogens with zero attached hydrogens (tertiary/aromatic N) is 1. The molecule has 0 amide bonds. The van der Waals surface area contributed by atoms with Crippen LogP contribution in [0.2, 0.25) is 0 Å². The van der Waals surface area contributed by atoms with Crippen LogP contribution in [-0.4, -0.2) is 58.2 Å². The standard InChI is InChI=1S/C14H25N3O3S/c1-2-15-14(17-13-6-10-21(18,19)11-13)16-7-3-12-4-8-20-9-5-12/h4,13H,2-3,5-11H2,1H3,(H2,15,16,17). The third kappa shape index (κ3) is 5.67. The highest BCUT2D eigenvalue weighted by atomic mass is 32.2. The summed E-state index contributed by atoms with van der Waals surface area (Å²) in [5, 5.41) is 6.40. The second-order valence-corrected chi connectivity index (χ2v) is 7.67. The molecule has 0 radical (unpaired) electrons. The average Bonchev–Trinajstić information content (AvgIpc) is 2.79. The number of sulfone groups is 1. The van der Waals surface area contributed by atoms with Crippen LogP contribution in [0.15, 0.2) is 16.6 Å². The number of guanidine groups is 1. The van der Waals surface area contributed by atoms with Crippen molar-refractivity contribution in [2.75, 3.05) is 37.8 Å².